The summed E-state index contributed by atoms with van der Waals surface area (Å²) in [4.78, 5) is 23.0. The van der Waals surface area contributed by atoms with Gasteiger partial charge in [-0.15, -0.1) is 0 Å². The SMILES string of the molecule is O=C(CNC(=O)c1ccco1)NN=Cc1ccccc1O. The number of phenols is 1. The van der Waals surface area contributed by atoms with Gasteiger partial charge < -0.3 is 14.8 Å². The van der Waals surface area contributed by atoms with Crippen LogP contribution in [0, 0.1) is 0 Å². The van der Waals surface area contributed by atoms with Crippen molar-refractivity contribution in [2.75, 3.05) is 6.54 Å². The lowest BCUT2D eigenvalue weighted by Gasteiger charge is -2.02. The fraction of sp³-hybridized carbons (Fsp3) is 0.0714. The molecule has 0 saturated carbocycles. The van der Waals surface area contributed by atoms with Gasteiger partial charge in [0.2, 0.25) is 0 Å². The number of phenolic OH excluding ortho intramolecular Hbond substituents is 1. The summed E-state index contributed by atoms with van der Waals surface area (Å²) in [5, 5.41) is 15.5. The number of carbonyl (C=O) groups is 2. The van der Waals surface area contributed by atoms with Crippen molar-refractivity contribution in [1.82, 2.24) is 10.7 Å². The Labute approximate surface area is 120 Å². The van der Waals surface area contributed by atoms with Crippen molar-refractivity contribution < 1.29 is 19.1 Å². The minimum atomic E-state index is -0.499. The van der Waals surface area contributed by atoms with Crippen molar-refractivity contribution in [3.05, 3.63) is 54.0 Å². The average molecular weight is 287 g/mol. The van der Waals surface area contributed by atoms with Gasteiger partial charge in [-0.25, -0.2) is 5.43 Å². The number of benzene rings is 1. The van der Waals surface area contributed by atoms with Crippen LogP contribution >= 0.6 is 0 Å². The van der Waals surface area contributed by atoms with Crippen LogP contribution in [-0.4, -0.2) is 29.7 Å². The lowest BCUT2D eigenvalue weighted by molar-refractivity contribution is -0.120. The molecule has 7 heteroatoms. The molecule has 2 rings (SSSR count). The molecule has 3 N–H and O–H groups in total. The third kappa shape index (κ3) is 4.20. The van der Waals surface area contributed by atoms with E-state index < -0.39 is 11.8 Å². The summed E-state index contributed by atoms with van der Waals surface area (Å²) in [6.45, 7) is -0.238. The minimum absolute atomic E-state index is 0.0571. The second-order valence-electron chi connectivity index (χ2n) is 4.01. The molecule has 0 unspecified atom stereocenters. The highest BCUT2D eigenvalue weighted by Crippen LogP contribution is 2.12. The monoisotopic (exact) mass is 287 g/mol. The highest BCUT2D eigenvalue weighted by Gasteiger charge is 2.09. The van der Waals surface area contributed by atoms with Crippen molar-refractivity contribution in [2.45, 2.75) is 0 Å². The molecule has 2 aromatic rings. The van der Waals surface area contributed by atoms with Crippen molar-refractivity contribution in [3.63, 3.8) is 0 Å². The van der Waals surface area contributed by atoms with Crippen LogP contribution in [0.2, 0.25) is 0 Å². The number of hydrazone groups is 1. The van der Waals surface area contributed by atoms with E-state index >= 15 is 0 Å². The van der Waals surface area contributed by atoms with E-state index in [-0.39, 0.29) is 18.1 Å². The predicted octanol–water partition coefficient (Wildman–Crippen LogP) is 0.865. The quantitative estimate of drug-likeness (QED) is 0.560. The van der Waals surface area contributed by atoms with E-state index in [1.54, 1.807) is 24.3 Å². The number of hydrogen-bond donors (Lipinski definition) is 3. The van der Waals surface area contributed by atoms with E-state index in [1.807, 2.05) is 0 Å². The van der Waals surface area contributed by atoms with E-state index in [0.29, 0.717) is 5.56 Å². The van der Waals surface area contributed by atoms with E-state index in [0.717, 1.165) is 0 Å². The van der Waals surface area contributed by atoms with Crippen LogP contribution in [0.4, 0.5) is 0 Å². The van der Waals surface area contributed by atoms with Gasteiger partial charge in [-0.2, -0.15) is 5.10 Å². The molecule has 0 bridgehead atoms. The summed E-state index contributed by atoms with van der Waals surface area (Å²) in [6, 6.07) is 9.62. The molecule has 0 aliphatic rings. The van der Waals surface area contributed by atoms with Crippen LogP contribution in [0.25, 0.3) is 0 Å². The summed E-state index contributed by atoms with van der Waals surface area (Å²) in [6.07, 6.45) is 2.67. The van der Waals surface area contributed by atoms with Gasteiger partial charge in [0.25, 0.3) is 11.8 Å². The maximum Gasteiger partial charge on any atom is 0.287 e. The van der Waals surface area contributed by atoms with Gasteiger partial charge in [0.15, 0.2) is 5.76 Å². The first-order valence-electron chi connectivity index (χ1n) is 6.08. The van der Waals surface area contributed by atoms with Crippen LogP contribution in [0.3, 0.4) is 0 Å². The van der Waals surface area contributed by atoms with E-state index in [1.165, 1.54) is 24.6 Å². The van der Waals surface area contributed by atoms with Crippen molar-refractivity contribution >= 4 is 18.0 Å². The number of hydrogen-bond acceptors (Lipinski definition) is 5. The molecule has 0 saturated heterocycles. The number of furan rings is 1. The standard InChI is InChI=1S/C14H13N3O4/c18-11-5-2-1-4-10(11)8-16-17-13(19)9-15-14(20)12-6-3-7-21-12/h1-8,18H,9H2,(H,15,20)(H,17,19). The maximum atomic E-state index is 11.5. The molecule has 21 heavy (non-hydrogen) atoms. The second-order valence-corrected chi connectivity index (χ2v) is 4.01. The van der Waals surface area contributed by atoms with E-state index in [2.05, 4.69) is 15.8 Å². The molecule has 1 heterocycles. The number of amides is 2. The van der Waals surface area contributed by atoms with Crippen molar-refractivity contribution in [2.24, 2.45) is 5.10 Å². The zero-order chi connectivity index (χ0) is 15.1. The van der Waals surface area contributed by atoms with Gasteiger partial charge in [0.1, 0.15) is 5.75 Å². The largest absolute Gasteiger partial charge is 0.507 e. The zero-order valence-electron chi connectivity index (χ0n) is 10.9. The van der Waals surface area contributed by atoms with Crippen molar-refractivity contribution in [1.29, 1.82) is 0 Å². The molecule has 1 aromatic heterocycles. The minimum Gasteiger partial charge on any atom is -0.507 e. The number of aromatic hydroxyl groups is 1. The molecule has 2 amide bonds. The number of carbonyl (C=O) groups excluding carboxylic acids is 2. The third-order valence-corrected chi connectivity index (χ3v) is 2.48. The highest BCUT2D eigenvalue weighted by atomic mass is 16.3. The molecular weight excluding hydrogens is 274 g/mol. The first-order chi connectivity index (χ1) is 10.2. The van der Waals surface area contributed by atoms with Crippen LogP contribution in [0.15, 0.2) is 52.2 Å². The Bertz CT molecular complexity index is 650. The van der Waals surface area contributed by atoms with E-state index in [9.17, 15) is 14.7 Å². The topological polar surface area (TPSA) is 104 Å². The Morgan fingerprint density at radius 2 is 2.05 bits per heavy atom. The van der Waals surface area contributed by atoms with Crippen molar-refractivity contribution in [3.8, 4) is 5.75 Å². The summed E-state index contributed by atoms with van der Waals surface area (Å²) < 4.78 is 4.88. The van der Waals surface area contributed by atoms with Gasteiger partial charge in [0, 0.05) is 5.56 Å². The molecule has 0 aliphatic heterocycles. The van der Waals surface area contributed by atoms with Crippen LogP contribution in [0.5, 0.6) is 5.75 Å². The molecule has 0 radical (unpaired) electrons. The highest BCUT2D eigenvalue weighted by molar-refractivity contribution is 5.94. The maximum absolute atomic E-state index is 11.5. The predicted molar refractivity (Wildman–Crippen MR) is 74.9 cm³/mol. The Morgan fingerprint density at radius 1 is 1.24 bits per heavy atom. The molecule has 108 valence electrons. The Balaban J connectivity index is 1.78. The molecule has 7 nitrogen and oxygen atoms in total. The molecule has 0 aliphatic carbocycles. The Morgan fingerprint density at radius 3 is 2.76 bits per heavy atom. The number of nitrogens with one attached hydrogen (secondary N) is 2. The van der Waals surface area contributed by atoms with Crippen LogP contribution in [0.1, 0.15) is 16.1 Å². The third-order valence-electron chi connectivity index (χ3n) is 2.48. The smallest absolute Gasteiger partial charge is 0.287 e. The van der Waals surface area contributed by atoms with Gasteiger partial charge in [-0.1, -0.05) is 12.1 Å². The molecular formula is C14H13N3O4. The fourth-order valence-corrected chi connectivity index (χ4v) is 1.47. The first kappa shape index (κ1) is 14.3. The summed E-state index contributed by atoms with van der Waals surface area (Å²) in [5.74, 6) is -0.802. The van der Waals surface area contributed by atoms with Gasteiger partial charge >= 0.3 is 0 Å². The summed E-state index contributed by atoms with van der Waals surface area (Å²) in [7, 11) is 0. The normalized spacial score (nSPS) is 10.5. The molecule has 1 aromatic carbocycles. The fourth-order valence-electron chi connectivity index (χ4n) is 1.47. The lowest BCUT2D eigenvalue weighted by Crippen LogP contribution is -2.34. The first-order valence-corrected chi connectivity index (χ1v) is 6.08. The molecule has 0 atom stereocenters. The Hall–Kier alpha value is -3.09. The summed E-state index contributed by atoms with van der Waals surface area (Å²) in [5.41, 5.74) is 2.70. The van der Waals surface area contributed by atoms with Gasteiger partial charge in [-0.05, 0) is 24.3 Å². The van der Waals surface area contributed by atoms with E-state index in [4.69, 9.17) is 4.42 Å². The number of para-hydroxylation sites is 1. The Kier molecular flexibility index (Phi) is 4.70. The average Bonchev–Trinajstić information content (AvgIpc) is 3.01. The zero-order valence-corrected chi connectivity index (χ0v) is 10.9. The summed E-state index contributed by atoms with van der Waals surface area (Å²) >= 11 is 0. The number of nitrogens with zero attached hydrogens (tertiary/aromatic N) is 1. The second kappa shape index (κ2) is 6.90. The van der Waals surface area contributed by atoms with Crippen LogP contribution < -0.4 is 10.7 Å². The van der Waals surface area contributed by atoms with Gasteiger partial charge in [-0.3, -0.25) is 9.59 Å². The molecule has 0 fully saturated rings. The lowest BCUT2D eigenvalue weighted by atomic mass is 10.2. The molecule has 0 spiro atoms. The van der Waals surface area contributed by atoms with Crippen LogP contribution in [-0.2, 0) is 4.79 Å². The number of rotatable bonds is 5. The van der Waals surface area contributed by atoms with Gasteiger partial charge in [0.05, 0.1) is 19.0 Å².